The fourth-order valence-corrected chi connectivity index (χ4v) is 1.56. The molecule has 0 aliphatic rings. The maximum absolute atomic E-state index is 10.6. The Hall–Kier alpha value is -1.62. The summed E-state index contributed by atoms with van der Waals surface area (Å²) in [6.45, 7) is 6.32. The predicted octanol–water partition coefficient (Wildman–Crippen LogP) is 3.97. The second-order valence-corrected chi connectivity index (χ2v) is 4.34. The Morgan fingerprint density at radius 3 is 2.67 bits per heavy atom. The minimum absolute atomic E-state index is 0.0702. The third-order valence-electron chi connectivity index (χ3n) is 2.15. The van der Waals surface area contributed by atoms with Crippen molar-refractivity contribution in [1.82, 2.24) is 0 Å². The molecule has 0 aliphatic carbocycles. The molecule has 0 aromatic heterocycles. The lowest BCUT2D eigenvalue weighted by Gasteiger charge is -2.10. The maximum atomic E-state index is 10.6. The SMILES string of the molecule is CCOC(=Nc1ccc([N+](=O)[O-])c(Cl)c1)C(C)C. The van der Waals surface area contributed by atoms with Crippen LogP contribution in [0.1, 0.15) is 20.8 Å². The molecule has 0 fully saturated rings. The van der Waals surface area contributed by atoms with Crippen molar-refractivity contribution in [3.63, 3.8) is 0 Å². The van der Waals surface area contributed by atoms with Gasteiger partial charge in [0.15, 0.2) is 5.90 Å². The van der Waals surface area contributed by atoms with Crippen molar-refractivity contribution < 1.29 is 9.66 Å². The summed E-state index contributed by atoms with van der Waals surface area (Å²) in [5, 5.41) is 10.7. The summed E-state index contributed by atoms with van der Waals surface area (Å²) >= 11 is 5.81. The molecule has 0 bridgehead atoms. The highest BCUT2D eigenvalue weighted by atomic mass is 35.5. The minimum atomic E-state index is -0.526. The Kier molecular flexibility index (Phi) is 5.09. The molecule has 0 spiro atoms. The fraction of sp³-hybridized carbons (Fsp3) is 0.417. The maximum Gasteiger partial charge on any atom is 0.288 e. The Balaban J connectivity index is 3.07. The first-order valence-electron chi connectivity index (χ1n) is 5.61. The van der Waals surface area contributed by atoms with Crippen LogP contribution in [0.5, 0.6) is 0 Å². The minimum Gasteiger partial charge on any atom is -0.481 e. The summed E-state index contributed by atoms with van der Waals surface area (Å²) in [7, 11) is 0. The topological polar surface area (TPSA) is 64.7 Å². The van der Waals surface area contributed by atoms with E-state index in [0.29, 0.717) is 18.2 Å². The molecule has 1 rings (SSSR count). The van der Waals surface area contributed by atoms with Crippen LogP contribution in [0.3, 0.4) is 0 Å². The third-order valence-corrected chi connectivity index (χ3v) is 2.46. The van der Waals surface area contributed by atoms with Crippen molar-refractivity contribution in [2.45, 2.75) is 20.8 Å². The average molecular weight is 271 g/mol. The van der Waals surface area contributed by atoms with Gasteiger partial charge in [0.25, 0.3) is 5.69 Å². The molecule has 1 aromatic carbocycles. The van der Waals surface area contributed by atoms with Crippen molar-refractivity contribution in [2.75, 3.05) is 6.61 Å². The van der Waals surface area contributed by atoms with E-state index >= 15 is 0 Å². The van der Waals surface area contributed by atoms with E-state index in [9.17, 15) is 10.1 Å². The molecule has 0 saturated heterocycles. The highest BCUT2D eigenvalue weighted by Crippen LogP contribution is 2.29. The molecule has 0 unspecified atom stereocenters. The molecule has 0 saturated carbocycles. The lowest BCUT2D eigenvalue weighted by molar-refractivity contribution is -0.384. The smallest absolute Gasteiger partial charge is 0.288 e. The van der Waals surface area contributed by atoms with Gasteiger partial charge in [0.05, 0.1) is 17.2 Å². The number of aliphatic imine (C=N–C) groups is 1. The third kappa shape index (κ3) is 3.70. The van der Waals surface area contributed by atoms with Gasteiger partial charge in [-0.25, -0.2) is 4.99 Å². The highest BCUT2D eigenvalue weighted by molar-refractivity contribution is 6.32. The van der Waals surface area contributed by atoms with Gasteiger partial charge >= 0.3 is 0 Å². The molecule has 1 aromatic rings. The van der Waals surface area contributed by atoms with E-state index in [1.165, 1.54) is 12.1 Å². The first-order chi connectivity index (χ1) is 8.45. The molecule has 18 heavy (non-hydrogen) atoms. The molecule has 0 amide bonds. The zero-order valence-corrected chi connectivity index (χ0v) is 11.3. The van der Waals surface area contributed by atoms with E-state index in [-0.39, 0.29) is 16.6 Å². The molecule has 0 aliphatic heterocycles. The molecular formula is C12H15ClN2O3. The second kappa shape index (κ2) is 6.35. The van der Waals surface area contributed by atoms with Gasteiger partial charge in [-0.05, 0) is 19.1 Å². The van der Waals surface area contributed by atoms with Gasteiger partial charge in [-0.2, -0.15) is 0 Å². The number of nitrogens with zero attached hydrogens (tertiary/aromatic N) is 2. The fourth-order valence-electron chi connectivity index (χ4n) is 1.32. The lowest BCUT2D eigenvalue weighted by atomic mass is 10.2. The van der Waals surface area contributed by atoms with Crippen LogP contribution < -0.4 is 0 Å². The Bertz CT molecular complexity index is 472. The molecule has 0 radical (unpaired) electrons. The van der Waals surface area contributed by atoms with Crippen LogP contribution in [0.4, 0.5) is 11.4 Å². The number of hydrogen-bond donors (Lipinski definition) is 0. The number of ether oxygens (including phenoxy) is 1. The number of halogens is 1. The number of benzene rings is 1. The van der Waals surface area contributed by atoms with E-state index < -0.39 is 4.92 Å². The van der Waals surface area contributed by atoms with Crippen LogP contribution in [0.25, 0.3) is 0 Å². The van der Waals surface area contributed by atoms with Gasteiger partial charge in [0.2, 0.25) is 0 Å². The number of hydrogen-bond acceptors (Lipinski definition) is 4. The predicted molar refractivity (Wildman–Crippen MR) is 71.7 cm³/mol. The quantitative estimate of drug-likeness (QED) is 0.360. The van der Waals surface area contributed by atoms with Crippen LogP contribution in [0.2, 0.25) is 5.02 Å². The first kappa shape index (κ1) is 14.4. The lowest BCUT2D eigenvalue weighted by Crippen LogP contribution is -2.11. The molecule has 0 heterocycles. The van der Waals surface area contributed by atoms with E-state index in [1.54, 1.807) is 6.07 Å². The van der Waals surface area contributed by atoms with Crippen LogP contribution in [0.15, 0.2) is 23.2 Å². The number of nitro benzene ring substituents is 1. The van der Waals surface area contributed by atoms with Crippen molar-refractivity contribution in [1.29, 1.82) is 0 Å². The molecule has 0 atom stereocenters. The van der Waals surface area contributed by atoms with E-state index in [0.717, 1.165) is 0 Å². The molecule has 0 N–H and O–H groups in total. The molecular weight excluding hydrogens is 256 g/mol. The van der Waals surface area contributed by atoms with Gasteiger partial charge < -0.3 is 4.74 Å². The number of nitro groups is 1. The largest absolute Gasteiger partial charge is 0.481 e. The summed E-state index contributed by atoms with van der Waals surface area (Å²) in [6.07, 6.45) is 0. The van der Waals surface area contributed by atoms with Crippen molar-refractivity contribution in [2.24, 2.45) is 10.9 Å². The summed E-state index contributed by atoms with van der Waals surface area (Å²) < 4.78 is 5.40. The van der Waals surface area contributed by atoms with Gasteiger partial charge in [-0.15, -0.1) is 0 Å². The van der Waals surface area contributed by atoms with Gasteiger partial charge in [-0.3, -0.25) is 10.1 Å². The van der Waals surface area contributed by atoms with Crippen LogP contribution in [-0.2, 0) is 4.74 Å². The average Bonchev–Trinajstić information content (AvgIpc) is 2.27. The van der Waals surface area contributed by atoms with Crippen molar-refractivity contribution in [3.05, 3.63) is 33.3 Å². The Labute approximate surface area is 111 Å². The summed E-state index contributed by atoms with van der Waals surface area (Å²) in [4.78, 5) is 14.4. The zero-order chi connectivity index (χ0) is 13.7. The van der Waals surface area contributed by atoms with E-state index in [1.807, 2.05) is 20.8 Å². The standard InChI is InChI=1S/C12H15ClN2O3/c1-4-18-12(8(2)3)14-9-5-6-11(15(16)17)10(13)7-9/h5-8H,4H2,1-3H3. The zero-order valence-electron chi connectivity index (χ0n) is 10.5. The van der Waals surface area contributed by atoms with Crippen LogP contribution in [0, 0.1) is 16.0 Å². The molecule has 5 nitrogen and oxygen atoms in total. The summed E-state index contributed by atoms with van der Waals surface area (Å²) in [5.41, 5.74) is 0.417. The van der Waals surface area contributed by atoms with Gasteiger partial charge in [0, 0.05) is 12.0 Å². The Morgan fingerprint density at radius 2 is 2.22 bits per heavy atom. The first-order valence-corrected chi connectivity index (χ1v) is 5.98. The Morgan fingerprint density at radius 1 is 1.56 bits per heavy atom. The van der Waals surface area contributed by atoms with Gasteiger partial charge in [0.1, 0.15) is 5.02 Å². The molecule has 6 heteroatoms. The number of rotatable bonds is 4. The van der Waals surface area contributed by atoms with E-state index in [2.05, 4.69) is 4.99 Å². The van der Waals surface area contributed by atoms with Crippen molar-refractivity contribution in [3.8, 4) is 0 Å². The van der Waals surface area contributed by atoms with Crippen LogP contribution in [-0.4, -0.2) is 17.4 Å². The van der Waals surface area contributed by atoms with Crippen molar-refractivity contribution >= 4 is 28.9 Å². The highest BCUT2D eigenvalue weighted by Gasteiger charge is 2.13. The monoisotopic (exact) mass is 270 g/mol. The second-order valence-electron chi connectivity index (χ2n) is 3.93. The summed E-state index contributed by atoms with van der Waals surface area (Å²) in [5.74, 6) is 0.723. The normalized spacial score (nSPS) is 11.7. The van der Waals surface area contributed by atoms with Gasteiger partial charge in [-0.1, -0.05) is 25.4 Å². The van der Waals surface area contributed by atoms with E-state index in [4.69, 9.17) is 16.3 Å². The molecule has 98 valence electrons. The van der Waals surface area contributed by atoms with Crippen LogP contribution >= 0.6 is 11.6 Å². The summed E-state index contributed by atoms with van der Waals surface area (Å²) in [6, 6.07) is 4.34.